The molecule has 1 aliphatic heterocycles. The van der Waals surface area contributed by atoms with E-state index in [1.54, 1.807) is 26.4 Å². The van der Waals surface area contributed by atoms with Crippen LogP contribution in [-0.2, 0) is 9.47 Å². The number of anilines is 1. The van der Waals surface area contributed by atoms with Crippen LogP contribution < -0.4 is 15.8 Å². The SMILES string of the molecule is COc1ccc(NC(N)=NCC2(OC)CCOC2)cc1Cl.I. The summed E-state index contributed by atoms with van der Waals surface area (Å²) in [5.74, 6) is 0.915. The molecule has 0 saturated carbocycles. The molecule has 0 bridgehead atoms. The second-order valence-electron chi connectivity index (χ2n) is 4.87. The quantitative estimate of drug-likeness (QED) is 0.417. The average Bonchev–Trinajstić information content (AvgIpc) is 2.95. The van der Waals surface area contributed by atoms with Crippen LogP contribution in [0.3, 0.4) is 0 Å². The van der Waals surface area contributed by atoms with Crippen molar-refractivity contribution in [1.82, 2.24) is 0 Å². The van der Waals surface area contributed by atoms with Crippen LogP contribution in [0.1, 0.15) is 6.42 Å². The van der Waals surface area contributed by atoms with E-state index in [-0.39, 0.29) is 29.6 Å². The Morgan fingerprint density at radius 2 is 2.27 bits per heavy atom. The molecule has 2 rings (SSSR count). The Morgan fingerprint density at radius 3 is 2.82 bits per heavy atom. The summed E-state index contributed by atoms with van der Waals surface area (Å²) in [5, 5.41) is 3.50. The van der Waals surface area contributed by atoms with Crippen molar-refractivity contribution in [2.24, 2.45) is 10.7 Å². The lowest BCUT2D eigenvalue weighted by Gasteiger charge is -2.23. The van der Waals surface area contributed by atoms with E-state index in [2.05, 4.69) is 10.3 Å². The number of nitrogens with zero attached hydrogens (tertiary/aromatic N) is 1. The summed E-state index contributed by atoms with van der Waals surface area (Å²) < 4.78 is 15.9. The Hall–Kier alpha value is -0.770. The minimum atomic E-state index is -0.371. The zero-order valence-corrected chi connectivity index (χ0v) is 15.7. The summed E-state index contributed by atoms with van der Waals surface area (Å²) in [4.78, 5) is 4.32. The van der Waals surface area contributed by atoms with Gasteiger partial charge in [0.1, 0.15) is 11.4 Å². The zero-order chi connectivity index (χ0) is 15.3. The molecular formula is C14H21ClIN3O3. The molecule has 6 nitrogen and oxygen atoms in total. The molecule has 0 aromatic heterocycles. The third-order valence-electron chi connectivity index (χ3n) is 3.46. The number of rotatable bonds is 5. The molecule has 1 fully saturated rings. The van der Waals surface area contributed by atoms with Gasteiger partial charge in [0.2, 0.25) is 0 Å². The van der Waals surface area contributed by atoms with Gasteiger partial charge in [0.05, 0.1) is 25.3 Å². The monoisotopic (exact) mass is 441 g/mol. The molecule has 1 heterocycles. The first-order valence-electron chi connectivity index (χ1n) is 6.62. The maximum Gasteiger partial charge on any atom is 0.193 e. The Labute approximate surface area is 152 Å². The number of aliphatic imine (C=N–C) groups is 1. The highest BCUT2D eigenvalue weighted by atomic mass is 127. The minimum absolute atomic E-state index is 0. The van der Waals surface area contributed by atoms with E-state index < -0.39 is 0 Å². The fraction of sp³-hybridized carbons (Fsp3) is 0.500. The number of guanidine groups is 1. The largest absolute Gasteiger partial charge is 0.495 e. The first-order chi connectivity index (χ1) is 10.1. The Bertz CT molecular complexity index is 522. The van der Waals surface area contributed by atoms with Crippen molar-refractivity contribution in [2.75, 3.05) is 39.3 Å². The van der Waals surface area contributed by atoms with Crippen molar-refractivity contribution in [2.45, 2.75) is 12.0 Å². The molecule has 1 unspecified atom stereocenters. The van der Waals surface area contributed by atoms with E-state index in [9.17, 15) is 0 Å². The molecule has 1 aromatic carbocycles. The summed E-state index contributed by atoms with van der Waals surface area (Å²) in [6, 6.07) is 5.31. The van der Waals surface area contributed by atoms with Gasteiger partial charge in [-0.2, -0.15) is 0 Å². The van der Waals surface area contributed by atoms with Crippen LogP contribution in [0.5, 0.6) is 5.75 Å². The van der Waals surface area contributed by atoms with Crippen LogP contribution in [0.4, 0.5) is 5.69 Å². The smallest absolute Gasteiger partial charge is 0.193 e. The van der Waals surface area contributed by atoms with E-state index in [1.165, 1.54) is 0 Å². The van der Waals surface area contributed by atoms with Gasteiger partial charge in [-0.05, 0) is 18.2 Å². The van der Waals surface area contributed by atoms with Gasteiger partial charge in [-0.1, -0.05) is 11.6 Å². The summed E-state index contributed by atoms with van der Waals surface area (Å²) >= 11 is 6.06. The molecule has 0 radical (unpaired) electrons. The molecule has 1 atom stereocenters. The van der Waals surface area contributed by atoms with Gasteiger partial charge >= 0.3 is 0 Å². The van der Waals surface area contributed by atoms with Crippen LogP contribution >= 0.6 is 35.6 Å². The Morgan fingerprint density at radius 1 is 1.50 bits per heavy atom. The lowest BCUT2D eigenvalue weighted by molar-refractivity contribution is -0.00900. The number of nitrogens with two attached hydrogens (primary N) is 1. The average molecular weight is 442 g/mol. The summed E-state index contributed by atoms with van der Waals surface area (Å²) in [6.45, 7) is 1.67. The van der Waals surface area contributed by atoms with Gasteiger partial charge in [0.15, 0.2) is 5.96 Å². The van der Waals surface area contributed by atoms with Crippen molar-refractivity contribution in [3.63, 3.8) is 0 Å². The van der Waals surface area contributed by atoms with Gasteiger partial charge in [-0.15, -0.1) is 24.0 Å². The molecule has 8 heteroatoms. The van der Waals surface area contributed by atoms with Crippen LogP contribution in [-0.4, -0.2) is 45.5 Å². The van der Waals surface area contributed by atoms with Crippen molar-refractivity contribution >= 4 is 47.2 Å². The summed E-state index contributed by atoms with van der Waals surface area (Å²) in [5.41, 5.74) is 6.26. The standard InChI is InChI=1S/C14H20ClN3O3.HI/c1-19-12-4-3-10(7-11(12)15)18-13(16)17-8-14(20-2)5-6-21-9-14;/h3-4,7H,5-6,8-9H2,1-2H3,(H3,16,17,18);1H. The van der Waals surface area contributed by atoms with Crippen LogP contribution in [0, 0.1) is 0 Å². The minimum Gasteiger partial charge on any atom is -0.495 e. The predicted molar refractivity (Wildman–Crippen MR) is 98.7 cm³/mol. The molecular weight excluding hydrogens is 421 g/mol. The molecule has 3 N–H and O–H groups in total. The molecule has 0 aliphatic carbocycles. The maximum absolute atomic E-state index is 6.06. The number of halogens is 2. The second-order valence-corrected chi connectivity index (χ2v) is 5.27. The lowest BCUT2D eigenvalue weighted by atomic mass is 10.0. The summed E-state index contributed by atoms with van der Waals surface area (Å²) in [7, 11) is 3.23. The van der Waals surface area contributed by atoms with Gasteiger partial charge in [0.25, 0.3) is 0 Å². The Kier molecular flexibility index (Phi) is 7.67. The predicted octanol–water partition coefficient (Wildman–Crippen LogP) is 2.50. The number of ether oxygens (including phenoxy) is 3. The van der Waals surface area contributed by atoms with Crippen molar-refractivity contribution in [3.8, 4) is 5.75 Å². The first-order valence-corrected chi connectivity index (χ1v) is 7.00. The van der Waals surface area contributed by atoms with Crippen molar-refractivity contribution in [3.05, 3.63) is 23.2 Å². The molecule has 1 aliphatic rings. The van der Waals surface area contributed by atoms with Gasteiger partial charge in [0, 0.05) is 25.8 Å². The highest BCUT2D eigenvalue weighted by Gasteiger charge is 2.34. The van der Waals surface area contributed by atoms with E-state index >= 15 is 0 Å². The van der Waals surface area contributed by atoms with E-state index in [0.717, 1.165) is 12.1 Å². The fourth-order valence-corrected chi connectivity index (χ4v) is 2.36. The molecule has 124 valence electrons. The third-order valence-corrected chi connectivity index (χ3v) is 3.76. The van der Waals surface area contributed by atoms with Crippen LogP contribution in [0.25, 0.3) is 0 Å². The van der Waals surface area contributed by atoms with E-state index in [0.29, 0.717) is 36.5 Å². The number of hydrogen-bond acceptors (Lipinski definition) is 4. The Balaban J connectivity index is 0.00000242. The van der Waals surface area contributed by atoms with Crippen LogP contribution in [0.2, 0.25) is 5.02 Å². The molecule has 1 saturated heterocycles. The molecule has 0 spiro atoms. The normalized spacial score (nSPS) is 21.3. The first kappa shape index (κ1) is 19.3. The third kappa shape index (κ3) is 4.87. The zero-order valence-electron chi connectivity index (χ0n) is 12.6. The van der Waals surface area contributed by atoms with Crippen molar-refractivity contribution < 1.29 is 14.2 Å². The molecule has 22 heavy (non-hydrogen) atoms. The molecule has 1 aromatic rings. The highest BCUT2D eigenvalue weighted by molar-refractivity contribution is 14.0. The number of methoxy groups -OCH3 is 2. The fourth-order valence-electron chi connectivity index (χ4n) is 2.10. The van der Waals surface area contributed by atoms with E-state index in [4.69, 9.17) is 31.5 Å². The summed E-state index contributed by atoms with van der Waals surface area (Å²) in [6.07, 6.45) is 0.814. The topological polar surface area (TPSA) is 78.1 Å². The van der Waals surface area contributed by atoms with E-state index in [1.807, 2.05) is 6.07 Å². The highest BCUT2D eigenvalue weighted by Crippen LogP contribution is 2.27. The second kappa shape index (κ2) is 8.76. The number of nitrogens with one attached hydrogen (secondary N) is 1. The lowest BCUT2D eigenvalue weighted by Crippen LogP contribution is -2.37. The maximum atomic E-state index is 6.06. The van der Waals surface area contributed by atoms with Gasteiger partial charge < -0.3 is 25.3 Å². The van der Waals surface area contributed by atoms with Gasteiger partial charge in [-0.3, -0.25) is 4.99 Å². The van der Waals surface area contributed by atoms with Crippen LogP contribution in [0.15, 0.2) is 23.2 Å². The van der Waals surface area contributed by atoms with Crippen molar-refractivity contribution in [1.29, 1.82) is 0 Å². The molecule has 0 amide bonds. The number of benzene rings is 1. The van der Waals surface area contributed by atoms with Gasteiger partial charge in [-0.25, -0.2) is 0 Å². The number of hydrogen-bond donors (Lipinski definition) is 2.